The van der Waals surface area contributed by atoms with Gasteiger partial charge in [0, 0.05) is 30.9 Å². The first-order valence-corrected chi connectivity index (χ1v) is 10.4. The van der Waals surface area contributed by atoms with Crippen molar-refractivity contribution in [3.05, 3.63) is 34.3 Å². The molecule has 1 atom stereocenters. The van der Waals surface area contributed by atoms with Crippen molar-refractivity contribution in [2.45, 2.75) is 59.3 Å². The first kappa shape index (κ1) is 19.9. The van der Waals surface area contributed by atoms with E-state index >= 15 is 0 Å². The molecule has 0 bridgehead atoms. The van der Waals surface area contributed by atoms with E-state index in [2.05, 4.69) is 36.7 Å². The lowest BCUT2D eigenvalue weighted by Crippen LogP contribution is -2.39. The Balaban J connectivity index is 1.83. The first-order valence-electron chi connectivity index (χ1n) is 10.4. The summed E-state index contributed by atoms with van der Waals surface area (Å²) in [5.41, 5.74) is 11.4. The number of allylic oxidation sites excluding steroid dienone is 5. The maximum Gasteiger partial charge on any atom is 0.122 e. The Kier molecular flexibility index (Phi) is 6.89. The summed E-state index contributed by atoms with van der Waals surface area (Å²) >= 11 is 0. The molecule has 0 amide bonds. The van der Waals surface area contributed by atoms with E-state index < -0.39 is 0 Å². The molecule has 1 unspecified atom stereocenters. The summed E-state index contributed by atoms with van der Waals surface area (Å²) in [7, 11) is 0. The van der Waals surface area contributed by atoms with Crippen LogP contribution < -0.4 is 5.73 Å². The van der Waals surface area contributed by atoms with Crippen LogP contribution >= 0.6 is 0 Å². The Morgan fingerprint density at radius 2 is 2.04 bits per heavy atom. The van der Waals surface area contributed by atoms with Gasteiger partial charge < -0.3 is 15.4 Å². The van der Waals surface area contributed by atoms with E-state index in [1.165, 1.54) is 35.3 Å². The Morgan fingerprint density at radius 3 is 2.78 bits per heavy atom. The average Bonchev–Trinajstić information content (AvgIpc) is 2.89. The molecule has 1 saturated heterocycles. The van der Waals surface area contributed by atoms with Gasteiger partial charge in [0.2, 0.25) is 0 Å². The molecule has 3 aliphatic rings. The minimum atomic E-state index is 0.342. The highest BCUT2D eigenvalue weighted by molar-refractivity contribution is 5.82. The van der Waals surface area contributed by atoms with Crippen molar-refractivity contribution in [3.63, 3.8) is 0 Å². The van der Waals surface area contributed by atoms with Crippen molar-refractivity contribution in [2.75, 3.05) is 26.3 Å². The molecule has 148 valence electrons. The van der Waals surface area contributed by atoms with E-state index in [0.29, 0.717) is 11.7 Å². The van der Waals surface area contributed by atoms with Crippen molar-refractivity contribution in [2.24, 2.45) is 21.6 Å². The van der Waals surface area contributed by atoms with Gasteiger partial charge in [-0.05, 0) is 62.2 Å². The maximum absolute atomic E-state index is 6.10. The van der Waals surface area contributed by atoms with E-state index in [4.69, 9.17) is 15.5 Å². The van der Waals surface area contributed by atoms with Crippen LogP contribution in [0.15, 0.2) is 44.3 Å². The first-order chi connectivity index (χ1) is 13.1. The van der Waals surface area contributed by atoms with Crippen molar-refractivity contribution in [1.29, 1.82) is 0 Å². The molecule has 5 heteroatoms. The molecule has 0 saturated carbocycles. The average molecular weight is 371 g/mol. The zero-order valence-corrected chi connectivity index (χ0v) is 17.1. The van der Waals surface area contributed by atoms with Gasteiger partial charge in [0.15, 0.2) is 0 Å². The van der Waals surface area contributed by atoms with Gasteiger partial charge in [0.25, 0.3) is 0 Å². The van der Waals surface area contributed by atoms with Crippen molar-refractivity contribution in [1.82, 2.24) is 4.90 Å². The molecule has 0 aromatic heterocycles. The van der Waals surface area contributed by atoms with Gasteiger partial charge in [-0.15, -0.1) is 0 Å². The number of nitrogens with two attached hydrogens (primary N) is 1. The third-order valence-corrected chi connectivity index (χ3v) is 5.99. The molecular formula is C22H34N4O. The monoisotopic (exact) mass is 370 g/mol. The zero-order chi connectivity index (χ0) is 19.2. The Labute approximate surface area is 163 Å². The van der Waals surface area contributed by atoms with Crippen LogP contribution in [0.5, 0.6) is 0 Å². The zero-order valence-electron chi connectivity index (χ0n) is 17.1. The molecule has 0 radical (unpaired) electrons. The van der Waals surface area contributed by atoms with Crippen LogP contribution in [0.3, 0.4) is 0 Å². The lowest BCUT2D eigenvalue weighted by Gasteiger charge is -2.30. The molecular weight excluding hydrogens is 336 g/mol. The SMILES string of the molecule is CCC1=C(N)N=CC(C(C)C2=C(N=C(C)N3CCOCC3)CCCC2)=CC1. The summed E-state index contributed by atoms with van der Waals surface area (Å²) < 4.78 is 5.47. The number of morpholine rings is 1. The van der Waals surface area contributed by atoms with E-state index in [-0.39, 0.29) is 0 Å². The van der Waals surface area contributed by atoms with Crippen LogP contribution in [0, 0.1) is 5.92 Å². The molecule has 2 aliphatic heterocycles. The second kappa shape index (κ2) is 9.36. The fourth-order valence-electron chi connectivity index (χ4n) is 4.11. The number of ether oxygens (including phenoxy) is 1. The van der Waals surface area contributed by atoms with Crippen LogP contribution in [-0.2, 0) is 4.74 Å². The highest BCUT2D eigenvalue weighted by Gasteiger charge is 2.22. The van der Waals surface area contributed by atoms with Crippen molar-refractivity contribution >= 4 is 12.1 Å². The third-order valence-electron chi connectivity index (χ3n) is 5.99. The fraction of sp³-hybridized carbons (Fsp3) is 0.636. The standard InChI is InChI=1S/C22H34N4O/c1-4-18-9-10-19(15-24-22(18)23)16(2)20-7-5-6-8-21(20)25-17(3)26-11-13-27-14-12-26/h10,15-16H,4-9,11-14,23H2,1-3H3. The summed E-state index contributed by atoms with van der Waals surface area (Å²) in [6.45, 7) is 10.1. The normalized spacial score (nSPS) is 23.4. The molecule has 0 aromatic carbocycles. The Bertz CT molecular complexity index is 693. The number of hydrogen-bond acceptors (Lipinski definition) is 4. The van der Waals surface area contributed by atoms with E-state index in [0.717, 1.165) is 57.8 Å². The molecule has 1 aliphatic carbocycles. The van der Waals surface area contributed by atoms with Gasteiger partial charge in [-0.25, -0.2) is 9.98 Å². The highest BCUT2D eigenvalue weighted by Crippen LogP contribution is 2.35. The van der Waals surface area contributed by atoms with Gasteiger partial charge in [0.1, 0.15) is 11.7 Å². The summed E-state index contributed by atoms with van der Waals surface area (Å²) in [5.74, 6) is 2.16. The van der Waals surface area contributed by atoms with E-state index in [1.807, 2.05) is 6.21 Å². The van der Waals surface area contributed by atoms with Crippen LogP contribution in [-0.4, -0.2) is 43.3 Å². The lowest BCUT2D eigenvalue weighted by atomic mass is 9.83. The van der Waals surface area contributed by atoms with Gasteiger partial charge >= 0.3 is 0 Å². The molecule has 5 nitrogen and oxygen atoms in total. The number of nitrogens with zero attached hydrogens (tertiary/aromatic N) is 3. The number of rotatable bonds is 4. The second-order valence-electron chi connectivity index (χ2n) is 7.67. The second-order valence-corrected chi connectivity index (χ2v) is 7.67. The largest absolute Gasteiger partial charge is 0.384 e. The predicted molar refractivity (Wildman–Crippen MR) is 113 cm³/mol. The molecule has 27 heavy (non-hydrogen) atoms. The molecule has 2 heterocycles. The molecule has 2 N–H and O–H groups in total. The van der Waals surface area contributed by atoms with Crippen LogP contribution in [0.25, 0.3) is 0 Å². The Morgan fingerprint density at radius 1 is 1.30 bits per heavy atom. The quantitative estimate of drug-likeness (QED) is 0.596. The fourth-order valence-corrected chi connectivity index (χ4v) is 4.11. The van der Waals surface area contributed by atoms with E-state index in [1.54, 1.807) is 0 Å². The number of aliphatic imine (C=N–C) groups is 2. The topological polar surface area (TPSA) is 63.2 Å². The van der Waals surface area contributed by atoms with Gasteiger partial charge in [0.05, 0.1) is 13.2 Å². The third kappa shape index (κ3) is 4.89. The van der Waals surface area contributed by atoms with Gasteiger partial charge in [-0.2, -0.15) is 0 Å². The molecule has 3 rings (SSSR count). The molecule has 0 spiro atoms. The minimum Gasteiger partial charge on any atom is -0.384 e. The van der Waals surface area contributed by atoms with Crippen molar-refractivity contribution < 1.29 is 4.74 Å². The molecule has 0 aromatic rings. The van der Waals surface area contributed by atoms with Crippen LogP contribution in [0.4, 0.5) is 0 Å². The summed E-state index contributed by atoms with van der Waals surface area (Å²) in [4.78, 5) is 11.9. The number of amidine groups is 1. The van der Waals surface area contributed by atoms with Crippen LogP contribution in [0.1, 0.15) is 59.3 Å². The minimum absolute atomic E-state index is 0.342. The maximum atomic E-state index is 6.10. The number of hydrogen-bond donors (Lipinski definition) is 1. The summed E-state index contributed by atoms with van der Waals surface area (Å²) in [6, 6.07) is 0. The highest BCUT2D eigenvalue weighted by atomic mass is 16.5. The van der Waals surface area contributed by atoms with Crippen LogP contribution in [0.2, 0.25) is 0 Å². The Hall–Kier alpha value is -1.88. The van der Waals surface area contributed by atoms with E-state index in [9.17, 15) is 0 Å². The lowest BCUT2D eigenvalue weighted by molar-refractivity contribution is 0.0678. The van der Waals surface area contributed by atoms with Crippen molar-refractivity contribution in [3.8, 4) is 0 Å². The summed E-state index contributed by atoms with van der Waals surface area (Å²) in [6.07, 6.45) is 10.8. The smallest absolute Gasteiger partial charge is 0.122 e. The summed E-state index contributed by atoms with van der Waals surface area (Å²) in [5, 5.41) is 0. The van der Waals surface area contributed by atoms with Gasteiger partial charge in [-0.1, -0.05) is 19.9 Å². The molecule has 1 fully saturated rings. The van der Waals surface area contributed by atoms with Gasteiger partial charge in [-0.3, -0.25) is 0 Å². The predicted octanol–water partition coefficient (Wildman–Crippen LogP) is 4.18.